The van der Waals surface area contributed by atoms with Gasteiger partial charge < -0.3 is 10.2 Å². The van der Waals surface area contributed by atoms with E-state index in [9.17, 15) is 0 Å². The molecule has 1 aliphatic rings. The fraction of sp³-hybridized carbons (Fsp3) is 0.769. The highest BCUT2D eigenvalue weighted by atomic mass is 32.2. The van der Waals surface area contributed by atoms with E-state index in [1.54, 1.807) is 11.3 Å². The molecule has 0 aliphatic carbocycles. The molecule has 1 aromatic heterocycles. The van der Waals surface area contributed by atoms with Gasteiger partial charge in [-0.3, -0.25) is 0 Å². The summed E-state index contributed by atoms with van der Waals surface area (Å²) in [4.78, 5) is 7.17. The van der Waals surface area contributed by atoms with E-state index in [1.807, 2.05) is 0 Å². The number of nitrogens with zero attached hydrogens (tertiary/aromatic N) is 2. The minimum atomic E-state index is 0.697. The maximum Gasteiger partial charge on any atom is 0.185 e. The monoisotopic (exact) mass is 285 g/mol. The van der Waals surface area contributed by atoms with E-state index in [-0.39, 0.29) is 0 Å². The molecule has 0 aromatic carbocycles. The number of thiazole rings is 1. The fourth-order valence-corrected chi connectivity index (χ4v) is 3.88. The van der Waals surface area contributed by atoms with E-state index < -0.39 is 0 Å². The summed E-state index contributed by atoms with van der Waals surface area (Å²) in [7, 11) is 0. The molecular formula is C13H23N3S2. The van der Waals surface area contributed by atoms with E-state index in [2.05, 4.69) is 48.1 Å². The van der Waals surface area contributed by atoms with Crippen molar-refractivity contribution in [1.82, 2.24) is 10.3 Å². The van der Waals surface area contributed by atoms with Crippen LogP contribution in [-0.2, 0) is 6.54 Å². The Morgan fingerprint density at radius 3 is 3.11 bits per heavy atom. The summed E-state index contributed by atoms with van der Waals surface area (Å²) < 4.78 is 0. The lowest BCUT2D eigenvalue weighted by Crippen LogP contribution is -2.36. The molecule has 5 heteroatoms. The quantitative estimate of drug-likeness (QED) is 0.900. The number of hydrogen-bond acceptors (Lipinski definition) is 5. The maximum atomic E-state index is 4.74. The highest BCUT2D eigenvalue weighted by Gasteiger charge is 2.19. The Kier molecular flexibility index (Phi) is 5.33. The molecule has 1 atom stereocenters. The van der Waals surface area contributed by atoms with Gasteiger partial charge in [0.1, 0.15) is 0 Å². The highest BCUT2D eigenvalue weighted by molar-refractivity contribution is 8.00. The lowest BCUT2D eigenvalue weighted by Gasteiger charge is -2.30. The predicted molar refractivity (Wildman–Crippen MR) is 82.8 cm³/mol. The van der Waals surface area contributed by atoms with Gasteiger partial charge in [-0.2, -0.15) is 11.8 Å². The lowest BCUT2D eigenvalue weighted by molar-refractivity contribution is 0.549. The third-order valence-electron chi connectivity index (χ3n) is 2.91. The summed E-state index contributed by atoms with van der Waals surface area (Å²) in [5, 5.41) is 7.56. The van der Waals surface area contributed by atoms with Crippen molar-refractivity contribution in [3.8, 4) is 0 Å². The van der Waals surface area contributed by atoms with Crippen LogP contribution in [0.5, 0.6) is 0 Å². The molecule has 1 aromatic rings. The van der Waals surface area contributed by atoms with E-state index in [4.69, 9.17) is 4.98 Å². The minimum absolute atomic E-state index is 0.697. The average molecular weight is 285 g/mol. The first-order valence-electron chi connectivity index (χ1n) is 6.67. The number of aromatic nitrogens is 1. The van der Waals surface area contributed by atoms with Crippen molar-refractivity contribution in [2.45, 2.75) is 32.6 Å². The van der Waals surface area contributed by atoms with E-state index >= 15 is 0 Å². The molecule has 18 heavy (non-hydrogen) atoms. The molecule has 0 spiro atoms. The van der Waals surface area contributed by atoms with Gasteiger partial charge in [0.15, 0.2) is 5.13 Å². The molecule has 1 unspecified atom stereocenters. The minimum Gasteiger partial charge on any atom is -0.346 e. The molecule has 1 aliphatic heterocycles. The second kappa shape index (κ2) is 6.78. The van der Waals surface area contributed by atoms with Crippen molar-refractivity contribution < 1.29 is 0 Å². The number of thioether (sulfide) groups is 1. The molecule has 0 amide bonds. The van der Waals surface area contributed by atoms with Crippen LogP contribution in [0.2, 0.25) is 0 Å². The van der Waals surface area contributed by atoms with Gasteiger partial charge in [0.2, 0.25) is 0 Å². The second-order valence-corrected chi connectivity index (χ2v) is 7.66. The third kappa shape index (κ3) is 4.14. The predicted octanol–water partition coefficient (Wildman–Crippen LogP) is 2.83. The topological polar surface area (TPSA) is 28.2 Å². The van der Waals surface area contributed by atoms with Crippen LogP contribution in [0.1, 0.15) is 26.5 Å². The van der Waals surface area contributed by atoms with Crippen LogP contribution >= 0.6 is 23.1 Å². The van der Waals surface area contributed by atoms with Crippen molar-refractivity contribution in [2.24, 2.45) is 5.92 Å². The Morgan fingerprint density at radius 1 is 1.56 bits per heavy atom. The molecule has 0 bridgehead atoms. The van der Waals surface area contributed by atoms with Crippen LogP contribution in [0.25, 0.3) is 0 Å². The van der Waals surface area contributed by atoms with Crippen LogP contribution in [0.15, 0.2) is 5.38 Å². The largest absolute Gasteiger partial charge is 0.346 e. The molecule has 3 nitrogen and oxygen atoms in total. The molecular weight excluding hydrogens is 262 g/mol. The summed E-state index contributed by atoms with van der Waals surface area (Å²) >= 11 is 3.85. The molecule has 1 N–H and O–H groups in total. The Morgan fingerprint density at radius 2 is 2.39 bits per heavy atom. The Hall–Kier alpha value is -0.260. The SMILES string of the molecule is CC(C)CNCc1csc(N2CCSC(C)C2)n1. The summed E-state index contributed by atoms with van der Waals surface area (Å²) in [5.41, 5.74) is 1.18. The van der Waals surface area contributed by atoms with Gasteiger partial charge in [-0.15, -0.1) is 11.3 Å². The van der Waals surface area contributed by atoms with Crippen molar-refractivity contribution in [2.75, 3.05) is 30.3 Å². The number of rotatable bonds is 5. The fourth-order valence-electron chi connectivity index (χ4n) is 2.00. The van der Waals surface area contributed by atoms with Crippen molar-refractivity contribution in [3.05, 3.63) is 11.1 Å². The summed E-state index contributed by atoms with van der Waals surface area (Å²) in [6.07, 6.45) is 0. The first-order valence-corrected chi connectivity index (χ1v) is 8.59. The average Bonchev–Trinajstić information content (AvgIpc) is 2.77. The zero-order chi connectivity index (χ0) is 13.0. The van der Waals surface area contributed by atoms with Gasteiger partial charge in [-0.25, -0.2) is 4.98 Å². The Balaban J connectivity index is 1.85. The first-order chi connectivity index (χ1) is 8.65. The Bertz CT molecular complexity index is 365. The van der Waals surface area contributed by atoms with E-state index in [0.717, 1.165) is 31.4 Å². The van der Waals surface area contributed by atoms with Crippen LogP contribution in [-0.4, -0.2) is 35.6 Å². The second-order valence-electron chi connectivity index (χ2n) is 5.27. The highest BCUT2D eigenvalue weighted by Crippen LogP contribution is 2.26. The van der Waals surface area contributed by atoms with Gasteiger partial charge in [0, 0.05) is 36.0 Å². The van der Waals surface area contributed by atoms with Gasteiger partial charge in [0.05, 0.1) is 5.69 Å². The summed E-state index contributed by atoms with van der Waals surface area (Å²) in [5.74, 6) is 1.92. The number of anilines is 1. The molecule has 0 radical (unpaired) electrons. The standard InChI is InChI=1S/C13H23N3S2/c1-10(2)6-14-7-12-9-18-13(15-12)16-4-5-17-11(3)8-16/h9-11,14H,4-8H2,1-3H3. The van der Waals surface area contributed by atoms with Gasteiger partial charge in [-0.1, -0.05) is 20.8 Å². The molecule has 0 saturated carbocycles. The third-order valence-corrected chi connectivity index (χ3v) is 5.00. The van der Waals surface area contributed by atoms with E-state index in [1.165, 1.54) is 16.6 Å². The lowest BCUT2D eigenvalue weighted by atomic mass is 10.2. The number of nitrogens with one attached hydrogen (secondary N) is 1. The first kappa shape index (κ1) is 14.2. The normalized spacial score (nSPS) is 20.7. The summed E-state index contributed by atoms with van der Waals surface area (Å²) in [6.45, 7) is 11.0. The zero-order valence-electron chi connectivity index (χ0n) is 11.5. The maximum absolute atomic E-state index is 4.74. The van der Waals surface area contributed by atoms with Gasteiger partial charge in [0.25, 0.3) is 0 Å². The molecule has 2 heterocycles. The van der Waals surface area contributed by atoms with Crippen LogP contribution in [0, 0.1) is 5.92 Å². The molecule has 102 valence electrons. The van der Waals surface area contributed by atoms with Gasteiger partial charge >= 0.3 is 0 Å². The zero-order valence-corrected chi connectivity index (χ0v) is 13.1. The van der Waals surface area contributed by atoms with Gasteiger partial charge in [-0.05, 0) is 12.5 Å². The van der Waals surface area contributed by atoms with Crippen LogP contribution < -0.4 is 10.2 Å². The molecule has 1 fully saturated rings. The van der Waals surface area contributed by atoms with Crippen molar-refractivity contribution in [1.29, 1.82) is 0 Å². The smallest absolute Gasteiger partial charge is 0.185 e. The van der Waals surface area contributed by atoms with E-state index in [0.29, 0.717) is 5.92 Å². The number of hydrogen-bond donors (Lipinski definition) is 1. The Labute approximate surface area is 118 Å². The van der Waals surface area contributed by atoms with Crippen LogP contribution in [0.3, 0.4) is 0 Å². The molecule has 1 saturated heterocycles. The van der Waals surface area contributed by atoms with Crippen molar-refractivity contribution in [3.63, 3.8) is 0 Å². The van der Waals surface area contributed by atoms with Crippen molar-refractivity contribution >= 4 is 28.2 Å². The molecule has 2 rings (SSSR count). The van der Waals surface area contributed by atoms with Crippen LogP contribution in [0.4, 0.5) is 5.13 Å². The summed E-state index contributed by atoms with van der Waals surface area (Å²) in [6, 6.07) is 0.